The van der Waals surface area contributed by atoms with Crippen LogP contribution in [0.3, 0.4) is 0 Å². The van der Waals surface area contributed by atoms with Gasteiger partial charge in [-0.1, -0.05) is 25.1 Å². The van der Waals surface area contributed by atoms with Gasteiger partial charge in [-0.2, -0.15) is 0 Å². The number of esters is 1. The average Bonchev–Trinajstić information content (AvgIpc) is 2.41. The minimum absolute atomic E-state index is 0.251. The smallest absolute Gasteiger partial charge is 0.308 e. The Bertz CT molecular complexity index is 404. The van der Waals surface area contributed by atoms with Crippen molar-refractivity contribution in [1.82, 2.24) is 5.32 Å². The molecule has 1 rings (SSSR count). The van der Waals surface area contributed by atoms with E-state index in [0.717, 1.165) is 36.4 Å². The highest BCUT2D eigenvalue weighted by molar-refractivity contribution is 5.69. The SMILES string of the molecule is CCCNCc1cccc(C)c1OCCC(=O)OC. The Morgan fingerprint density at radius 2 is 2.16 bits per heavy atom. The maximum atomic E-state index is 11.1. The van der Waals surface area contributed by atoms with Crippen LogP contribution in [-0.4, -0.2) is 26.2 Å². The molecule has 0 bridgehead atoms. The highest BCUT2D eigenvalue weighted by Crippen LogP contribution is 2.23. The Labute approximate surface area is 115 Å². The zero-order valence-corrected chi connectivity index (χ0v) is 12.0. The lowest BCUT2D eigenvalue weighted by Crippen LogP contribution is -2.15. The second-order valence-electron chi connectivity index (χ2n) is 4.41. The van der Waals surface area contributed by atoms with Gasteiger partial charge in [-0.05, 0) is 25.5 Å². The summed E-state index contributed by atoms with van der Waals surface area (Å²) in [7, 11) is 1.39. The third-order valence-electron chi connectivity index (χ3n) is 2.82. The third-order valence-corrected chi connectivity index (χ3v) is 2.82. The first-order valence-electron chi connectivity index (χ1n) is 6.67. The molecule has 0 fully saturated rings. The first-order chi connectivity index (χ1) is 9.19. The largest absolute Gasteiger partial charge is 0.492 e. The second kappa shape index (κ2) is 8.53. The Morgan fingerprint density at radius 1 is 1.37 bits per heavy atom. The van der Waals surface area contributed by atoms with Crippen LogP contribution in [0.1, 0.15) is 30.9 Å². The predicted molar refractivity (Wildman–Crippen MR) is 75.3 cm³/mol. The minimum atomic E-state index is -0.251. The van der Waals surface area contributed by atoms with Crippen LogP contribution in [-0.2, 0) is 16.1 Å². The van der Waals surface area contributed by atoms with E-state index < -0.39 is 0 Å². The highest BCUT2D eigenvalue weighted by Gasteiger charge is 2.08. The summed E-state index contributed by atoms with van der Waals surface area (Å²) >= 11 is 0. The van der Waals surface area contributed by atoms with Crippen LogP contribution in [0.4, 0.5) is 0 Å². The zero-order valence-electron chi connectivity index (χ0n) is 12.0. The van der Waals surface area contributed by atoms with Crippen molar-refractivity contribution < 1.29 is 14.3 Å². The molecule has 1 aromatic rings. The van der Waals surface area contributed by atoms with Gasteiger partial charge in [-0.3, -0.25) is 4.79 Å². The number of carbonyl (C=O) groups excluding carboxylic acids is 1. The number of para-hydroxylation sites is 1. The summed E-state index contributed by atoms with van der Waals surface area (Å²) in [6.45, 7) is 6.25. The molecular weight excluding hydrogens is 242 g/mol. The van der Waals surface area contributed by atoms with Crippen molar-refractivity contribution in [1.29, 1.82) is 0 Å². The Balaban J connectivity index is 2.61. The number of nitrogens with one attached hydrogen (secondary N) is 1. The van der Waals surface area contributed by atoms with Gasteiger partial charge in [0.05, 0.1) is 20.1 Å². The van der Waals surface area contributed by atoms with E-state index in [-0.39, 0.29) is 12.4 Å². The number of hydrogen-bond donors (Lipinski definition) is 1. The van der Waals surface area contributed by atoms with E-state index in [0.29, 0.717) is 6.61 Å². The van der Waals surface area contributed by atoms with Gasteiger partial charge in [0, 0.05) is 12.1 Å². The highest BCUT2D eigenvalue weighted by atomic mass is 16.5. The molecule has 4 heteroatoms. The quantitative estimate of drug-likeness (QED) is 0.579. The van der Waals surface area contributed by atoms with Gasteiger partial charge in [0.15, 0.2) is 0 Å². The molecule has 0 atom stereocenters. The van der Waals surface area contributed by atoms with E-state index >= 15 is 0 Å². The Morgan fingerprint density at radius 3 is 2.84 bits per heavy atom. The summed E-state index contributed by atoms with van der Waals surface area (Å²) in [6.07, 6.45) is 1.37. The first kappa shape index (κ1) is 15.5. The third kappa shape index (κ3) is 5.30. The summed E-state index contributed by atoms with van der Waals surface area (Å²) in [5.41, 5.74) is 2.21. The van der Waals surface area contributed by atoms with Gasteiger partial charge in [-0.25, -0.2) is 0 Å². The molecule has 0 radical (unpaired) electrons. The number of rotatable bonds is 8. The molecule has 106 valence electrons. The molecule has 1 aromatic carbocycles. The molecule has 0 unspecified atom stereocenters. The van der Waals surface area contributed by atoms with Gasteiger partial charge in [0.1, 0.15) is 5.75 Å². The molecule has 0 aliphatic carbocycles. The van der Waals surface area contributed by atoms with Crippen molar-refractivity contribution in [3.8, 4) is 5.75 Å². The predicted octanol–water partition coefficient (Wildman–Crippen LogP) is 2.44. The van der Waals surface area contributed by atoms with Crippen LogP contribution in [0.5, 0.6) is 5.75 Å². The normalized spacial score (nSPS) is 10.3. The minimum Gasteiger partial charge on any atom is -0.492 e. The monoisotopic (exact) mass is 265 g/mol. The molecule has 1 N–H and O–H groups in total. The van der Waals surface area contributed by atoms with E-state index in [1.807, 2.05) is 25.1 Å². The summed E-state index contributed by atoms with van der Waals surface area (Å²) < 4.78 is 10.3. The lowest BCUT2D eigenvalue weighted by Gasteiger charge is -2.14. The molecular formula is C15H23NO3. The van der Waals surface area contributed by atoms with Crippen LogP contribution in [0, 0.1) is 6.92 Å². The maximum Gasteiger partial charge on any atom is 0.308 e. The maximum absolute atomic E-state index is 11.1. The van der Waals surface area contributed by atoms with E-state index in [4.69, 9.17) is 4.74 Å². The fourth-order valence-electron chi connectivity index (χ4n) is 1.80. The van der Waals surface area contributed by atoms with Gasteiger partial charge >= 0.3 is 5.97 Å². The Kier molecular flexibility index (Phi) is 6.97. The number of aryl methyl sites for hydroxylation is 1. The van der Waals surface area contributed by atoms with Crippen LogP contribution in [0.15, 0.2) is 18.2 Å². The second-order valence-corrected chi connectivity index (χ2v) is 4.41. The molecule has 0 aromatic heterocycles. The molecule has 0 spiro atoms. The van der Waals surface area contributed by atoms with Crippen LogP contribution in [0.2, 0.25) is 0 Å². The molecule has 0 aliphatic heterocycles. The fourth-order valence-corrected chi connectivity index (χ4v) is 1.80. The average molecular weight is 265 g/mol. The van der Waals surface area contributed by atoms with Gasteiger partial charge < -0.3 is 14.8 Å². The van der Waals surface area contributed by atoms with Crippen molar-refractivity contribution in [2.75, 3.05) is 20.3 Å². The molecule has 0 amide bonds. The van der Waals surface area contributed by atoms with E-state index in [1.165, 1.54) is 7.11 Å². The van der Waals surface area contributed by atoms with E-state index in [1.54, 1.807) is 0 Å². The number of carbonyl (C=O) groups is 1. The topological polar surface area (TPSA) is 47.6 Å². The number of hydrogen-bond acceptors (Lipinski definition) is 4. The first-order valence-corrected chi connectivity index (χ1v) is 6.67. The number of ether oxygens (including phenoxy) is 2. The van der Waals surface area contributed by atoms with Crippen molar-refractivity contribution in [3.63, 3.8) is 0 Å². The van der Waals surface area contributed by atoms with Crippen LogP contribution < -0.4 is 10.1 Å². The fraction of sp³-hybridized carbons (Fsp3) is 0.533. The van der Waals surface area contributed by atoms with Crippen LogP contribution in [0.25, 0.3) is 0 Å². The molecule has 4 nitrogen and oxygen atoms in total. The lowest BCUT2D eigenvalue weighted by molar-refractivity contribution is -0.141. The zero-order chi connectivity index (χ0) is 14.1. The van der Waals surface area contributed by atoms with Crippen LogP contribution >= 0.6 is 0 Å². The summed E-state index contributed by atoms with van der Waals surface area (Å²) in [6, 6.07) is 6.07. The van der Waals surface area contributed by atoms with E-state index in [9.17, 15) is 4.79 Å². The van der Waals surface area contributed by atoms with Gasteiger partial charge in [0.25, 0.3) is 0 Å². The molecule has 0 heterocycles. The number of benzene rings is 1. The lowest BCUT2D eigenvalue weighted by atomic mass is 10.1. The molecule has 0 aliphatic rings. The van der Waals surface area contributed by atoms with Crippen molar-refractivity contribution >= 4 is 5.97 Å². The summed E-state index contributed by atoms with van der Waals surface area (Å²) in [4.78, 5) is 11.1. The summed E-state index contributed by atoms with van der Waals surface area (Å²) in [5.74, 6) is 0.620. The molecule has 19 heavy (non-hydrogen) atoms. The summed E-state index contributed by atoms with van der Waals surface area (Å²) in [5, 5.41) is 3.36. The van der Waals surface area contributed by atoms with Crippen molar-refractivity contribution in [2.45, 2.75) is 33.2 Å². The van der Waals surface area contributed by atoms with E-state index in [2.05, 4.69) is 17.0 Å². The van der Waals surface area contributed by atoms with Gasteiger partial charge in [-0.15, -0.1) is 0 Å². The Hall–Kier alpha value is -1.55. The van der Waals surface area contributed by atoms with Gasteiger partial charge in [0.2, 0.25) is 0 Å². The van der Waals surface area contributed by atoms with Crippen molar-refractivity contribution in [3.05, 3.63) is 29.3 Å². The molecule has 0 saturated carbocycles. The standard InChI is InChI=1S/C15H23NO3/c1-4-9-16-11-13-7-5-6-12(2)15(13)19-10-8-14(17)18-3/h5-7,16H,4,8-11H2,1-3H3. The van der Waals surface area contributed by atoms with Crippen molar-refractivity contribution in [2.24, 2.45) is 0 Å². The molecule has 0 saturated heterocycles. The number of methoxy groups -OCH3 is 1.